The highest BCUT2D eigenvalue weighted by Crippen LogP contribution is 2.11. The Labute approximate surface area is 105 Å². The molecule has 0 spiro atoms. The average Bonchev–Trinajstić information content (AvgIpc) is 2.37. The van der Waals surface area contributed by atoms with E-state index in [4.69, 9.17) is 0 Å². The molecule has 1 N–H and O–H groups in total. The molecule has 0 bridgehead atoms. The molecule has 0 aliphatic heterocycles. The lowest BCUT2D eigenvalue weighted by molar-refractivity contribution is 0.581. The van der Waals surface area contributed by atoms with Crippen molar-refractivity contribution in [1.29, 1.82) is 0 Å². The van der Waals surface area contributed by atoms with Crippen molar-refractivity contribution in [2.45, 2.75) is 26.4 Å². The van der Waals surface area contributed by atoms with Gasteiger partial charge in [-0.1, -0.05) is 13.8 Å². The second-order valence-electron chi connectivity index (χ2n) is 4.27. The fourth-order valence-electron chi connectivity index (χ4n) is 1.43. The van der Waals surface area contributed by atoms with Crippen LogP contribution in [0.2, 0.25) is 0 Å². The van der Waals surface area contributed by atoms with Crippen molar-refractivity contribution < 1.29 is 4.39 Å². The van der Waals surface area contributed by atoms with E-state index in [-0.39, 0.29) is 5.82 Å². The van der Waals surface area contributed by atoms with E-state index < -0.39 is 0 Å². The minimum absolute atomic E-state index is 0.364. The molecule has 2 aromatic rings. The van der Waals surface area contributed by atoms with Crippen molar-refractivity contribution in [3.05, 3.63) is 42.1 Å². The second kappa shape index (κ2) is 5.64. The number of pyridine rings is 1. The number of nitrogens with zero attached hydrogens (tertiary/aromatic N) is 3. The highest BCUT2D eigenvalue weighted by Gasteiger charge is 2.04. The summed E-state index contributed by atoms with van der Waals surface area (Å²) in [6.07, 6.45) is 2.85. The van der Waals surface area contributed by atoms with E-state index in [2.05, 4.69) is 34.1 Å². The summed E-state index contributed by atoms with van der Waals surface area (Å²) in [5.41, 5.74) is 1.46. The first-order chi connectivity index (χ1) is 8.65. The SMILES string of the molecule is CC(C)NCc1ccnc(-c2ccc(F)cn2)n1. The molecule has 0 amide bonds. The highest BCUT2D eigenvalue weighted by molar-refractivity contribution is 5.48. The molecule has 4 nitrogen and oxygen atoms in total. The zero-order chi connectivity index (χ0) is 13.0. The molecule has 0 radical (unpaired) electrons. The van der Waals surface area contributed by atoms with Crippen LogP contribution < -0.4 is 5.32 Å². The molecule has 2 heterocycles. The van der Waals surface area contributed by atoms with Crippen LogP contribution in [0, 0.1) is 5.82 Å². The first-order valence-electron chi connectivity index (χ1n) is 5.82. The Kier molecular flexibility index (Phi) is 3.94. The zero-order valence-corrected chi connectivity index (χ0v) is 10.4. The van der Waals surface area contributed by atoms with Gasteiger partial charge in [0.25, 0.3) is 0 Å². The van der Waals surface area contributed by atoms with Crippen molar-refractivity contribution in [3.63, 3.8) is 0 Å². The highest BCUT2D eigenvalue weighted by atomic mass is 19.1. The van der Waals surface area contributed by atoms with Crippen LogP contribution in [0.5, 0.6) is 0 Å². The van der Waals surface area contributed by atoms with Gasteiger partial charge in [0, 0.05) is 18.8 Å². The van der Waals surface area contributed by atoms with Gasteiger partial charge in [-0.05, 0) is 18.2 Å². The Balaban J connectivity index is 2.18. The largest absolute Gasteiger partial charge is 0.309 e. The maximum absolute atomic E-state index is 12.8. The summed E-state index contributed by atoms with van der Waals surface area (Å²) < 4.78 is 12.8. The first kappa shape index (κ1) is 12.6. The third kappa shape index (κ3) is 3.30. The summed E-state index contributed by atoms with van der Waals surface area (Å²) in [6.45, 7) is 4.82. The number of hydrogen-bond donors (Lipinski definition) is 1. The number of nitrogens with one attached hydrogen (secondary N) is 1. The van der Waals surface area contributed by atoms with Crippen molar-refractivity contribution in [2.75, 3.05) is 0 Å². The van der Waals surface area contributed by atoms with Crippen LogP contribution in [-0.4, -0.2) is 21.0 Å². The molecule has 0 aromatic carbocycles. The predicted octanol–water partition coefficient (Wildman–Crippen LogP) is 2.18. The lowest BCUT2D eigenvalue weighted by Crippen LogP contribution is -2.22. The van der Waals surface area contributed by atoms with Crippen molar-refractivity contribution in [1.82, 2.24) is 20.3 Å². The Morgan fingerprint density at radius 3 is 2.72 bits per heavy atom. The minimum Gasteiger partial charge on any atom is -0.309 e. The lowest BCUT2D eigenvalue weighted by Gasteiger charge is -2.08. The molecular formula is C13H15FN4. The lowest BCUT2D eigenvalue weighted by atomic mass is 10.3. The van der Waals surface area contributed by atoms with Crippen LogP contribution in [0.15, 0.2) is 30.6 Å². The van der Waals surface area contributed by atoms with Gasteiger partial charge in [-0.3, -0.25) is 0 Å². The van der Waals surface area contributed by atoms with Gasteiger partial charge in [0.2, 0.25) is 0 Å². The van der Waals surface area contributed by atoms with E-state index in [1.165, 1.54) is 6.07 Å². The smallest absolute Gasteiger partial charge is 0.178 e. The summed E-state index contributed by atoms with van der Waals surface area (Å²) in [4.78, 5) is 12.5. The van der Waals surface area contributed by atoms with Crippen molar-refractivity contribution in [3.8, 4) is 11.5 Å². The number of hydrogen-bond acceptors (Lipinski definition) is 4. The van der Waals surface area contributed by atoms with Gasteiger partial charge in [0.15, 0.2) is 5.82 Å². The molecule has 0 aliphatic carbocycles. The Morgan fingerprint density at radius 1 is 1.22 bits per heavy atom. The molecule has 94 valence electrons. The van der Waals surface area contributed by atoms with Gasteiger partial charge in [-0.2, -0.15) is 0 Å². The van der Waals surface area contributed by atoms with Crippen LogP contribution in [0.25, 0.3) is 11.5 Å². The summed E-state index contributed by atoms with van der Waals surface area (Å²) in [5, 5.41) is 3.28. The molecule has 0 atom stereocenters. The monoisotopic (exact) mass is 246 g/mol. The third-order valence-corrected chi connectivity index (χ3v) is 2.36. The van der Waals surface area contributed by atoms with Gasteiger partial charge in [0.1, 0.15) is 11.5 Å². The molecule has 0 saturated carbocycles. The maximum atomic E-state index is 12.8. The van der Waals surface area contributed by atoms with Crippen LogP contribution in [0.4, 0.5) is 4.39 Å². The minimum atomic E-state index is -0.364. The summed E-state index contributed by atoms with van der Waals surface area (Å²) in [7, 11) is 0. The summed E-state index contributed by atoms with van der Waals surface area (Å²) in [6, 6.07) is 5.17. The summed E-state index contributed by atoms with van der Waals surface area (Å²) >= 11 is 0. The Hall–Kier alpha value is -1.88. The molecule has 0 unspecified atom stereocenters. The fraction of sp³-hybridized carbons (Fsp3) is 0.308. The molecule has 5 heteroatoms. The van der Waals surface area contributed by atoms with Gasteiger partial charge < -0.3 is 5.32 Å². The number of aromatic nitrogens is 3. The van der Waals surface area contributed by atoms with Gasteiger partial charge >= 0.3 is 0 Å². The van der Waals surface area contributed by atoms with E-state index in [1.54, 1.807) is 12.3 Å². The quantitative estimate of drug-likeness (QED) is 0.898. The number of halogens is 1. The predicted molar refractivity (Wildman–Crippen MR) is 67.2 cm³/mol. The van der Waals surface area contributed by atoms with E-state index in [1.807, 2.05) is 6.07 Å². The van der Waals surface area contributed by atoms with Crippen LogP contribution >= 0.6 is 0 Å². The van der Waals surface area contributed by atoms with E-state index >= 15 is 0 Å². The molecule has 2 rings (SSSR count). The van der Waals surface area contributed by atoms with Crippen LogP contribution in [0.3, 0.4) is 0 Å². The maximum Gasteiger partial charge on any atom is 0.178 e. The molecule has 0 aliphatic rings. The van der Waals surface area contributed by atoms with E-state index in [0.29, 0.717) is 24.1 Å². The Morgan fingerprint density at radius 2 is 2.06 bits per heavy atom. The van der Waals surface area contributed by atoms with Gasteiger partial charge in [-0.15, -0.1) is 0 Å². The van der Waals surface area contributed by atoms with Crippen LogP contribution in [-0.2, 0) is 6.54 Å². The zero-order valence-electron chi connectivity index (χ0n) is 10.4. The van der Waals surface area contributed by atoms with E-state index in [9.17, 15) is 4.39 Å². The first-order valence-corrected chi connectivity index (χ1v) is 5.82. The molecule has 2 aromatic heterocycles. The summed E-state index contributed by atoms with van der Waals surface area (Å²) in [5.74, 6) is 0.148. The molecule has 0 fully saturated rings. The molecule has 18 heavy (non-hydrogen) atoms. The normalized spacial score (nSPS) is 10.9. The van der Waals surface area contributed by atoms with Crippen molar-refractivity contribution in [2.24, 2.45) is 0 Å². The Bertz CT molecular complexity index is 511. The molecule has 0 saturated heterocycles. The standard InChI is InChI=1S/C13H15FN4/c1-9(2)16-8-11-5-6-15-13(18-11)12-4-3-10(14)7-17-12/h3-7,9,16H,8H2,1-2H3. The molecular weight excluding hydrogens is 231 g/mol. The van der Waals surface area contributed by atoms with Crippen LogP contribution in [0.1, 0.15) is 19.5 Å². The third-order valence-electron chi connectivity index (χ3n) is 2.36. The van der Waals surface area contributed by atoms with Gasteiger partial charge in [0.05, 0.1) is 11.9 Å². The topological polar surface area (TPSA) is 50.7 Å². The fourth-order valence-corrected chi connectivity index (χ4v) is 1.43. The number of rotatable bonds is 4. The van der Waals surface area contributed by atoms with Gasteiger partial charge in [-0.25, -0.2) is 19.3 Å². The van der Waals surface area contributed by atoms with E-state index in [0.717, 1.165) is 11.9 Å². The second-order valence-corrected chi connectivity index (χ2v) is 4.27. The average molecular weight is 246 g/mol. The van der Waals surface area contributed by atoms with Crippen molar-refractivity contribution >= 4 is 0 Å².